The molecule has 0 unspecified atom stereocenters. The smallest absolute Gasteiger partial charge is 0.181 e. The van der Waals surface area contributed by atoms with Crippen molar-refractivity contribution in [2.75, 3.05) is 5.32 Å². The van der Waals surface area contributed by atoms with Crippen LogP contribution >= 0.6 is 11.3 Å². The van der Waals surface area contributed by atoms with Gasteiger partial charge in [0.1, 0.15) is 0 Å². The normalized spacial score (nSPS) is 9.58. The van der Waals surface area contributed by atoms with Crippen molar-refractivity contribution in [1.29, 1.82) is 5.26 Å². The topological polar surface area (TPSA) is 35.8 Å². The molecule has 1 aromatic carbocycles. The summed E-state index contributed by atoms with van der Waals surface area (Å²) in [5, 5.41) is 14.3. The number of thiophene rings is 1. The summed E-state index contributed by atoms with van der Waals surface area (Å²) in [7, 11) is 0. The van der Waals surface area contributed by atoms with Gasteiger partial charge in [0, 0.05) is 0 Å². The molecule has 0 bridgehead atoms. The van der Waals surface area contributed by atoms with Gasteiger partial charge < -0.3 is 0 Å². The molecule has 0 amide bonds. The van der Waals surface area contributed by atoms with Gasteiger partial charge in [-0.1, -0.05) is 12.1 Å². The SMILES string of the molecule is N#CNc1cccc2ccsc12. The van der Waals surface area contributed by atoms with Crippen molar-refractivity contribution >= 4 is 27.1 Å². The molecule has 3 heteroatoms. The van der Waals surface area contributed by atoms with Crippen LogP contribution in [0.15, 0.2) is 29.6 Å². The summed E-state index contributed by atoms with van der Waals surface area (Å²) >= 11 is 1.64. The van der Waals surface area contributed by atoms with E-state index in [4.69, 9.17) is 5.26 Å². The number of fused-ring (bicyclic) bond motifs is 1. The number of hydrogen-bond donors (Lipinski definition) is 1. The number of nitrogens with zero attached hydrogens (tertiary/aromatic N) is 1. The Morgan fingerprint density at radius 2 is 2.25 bits per heavy atom. The molecule has 2 rings (SSSR count). The largest absolute Gasteiger partial charge is 0.291 e. The lowest BCUT2D eigenvalue weighted by Crippen LogP contribution is -1.85. The Morgan fingerprint density at radius 1 is 1.33 bits per heavy atom. The van der Waals surface area contributed by atoms with Gasteiger partial charge in [0.05, 0.1) is 10.4 Å². The summed E-state index contributed by atoms with van der Waals surface area (Å²) < 4.78 is 1.14. The molecule has 0 aliphatic heterocycles. The summed E-state index contributed by atoms with van der Waals surface area (Å²) in [5.74, 6) is 0. The van der Waals surface area contributed by atoms with Crippen LogP contribution in [0.3, 0.4) is 0 Å². The number of hydrogen-bond acceptors (Lipinski definition) is 3. The van der Waals surface area contributed by atoms with Crippen LogP contribution in [0.2, 0.25) is 0 Å². The van der Waals surface area contributed by atoms with Crippen LogP contribution < -0.4 is 5.32 Å². The number of nitrogens with one attached hydrogen (secondary N) is 1. The van der Waals surface area contributed by atoms with Gasteiger partial charge >= 0.3 is 0 Å². The number of rotatable bonds is 1. The molecule has 12 heavy (non-hydrogen) atoms. The van der Waals surface area contributed by atoms with Gasteiger partial charge in [-0.05, 0) is 22.9 Å². The first-order chi connectivity index (χ1) is 5.92. The maximum atomic E-state index is 8.46. The second-order valence-corrected chi connectivity index (χ2v) is 3.30. The molecule has 0 spiro atoms. The van der Waals surface area contributed by atoms with Crippen molar-refractivity contribution in [3.05, 3.63) is 29.6 Å². The molecular formula is C9H6N2S. The highest BCUT2D eigenvalue weighted by molar-refractivity contribution is 7.17. The zero-order chi connectivity index (χ0) is 8.39. The third-order valence-electron chi connectivity index (χ3n) is 1.67. The molecule has 1 heterocycles. The van der Waals surface area contributed by atoms with E-state index in [1.807, 2.05) is 35.8 Å². The van der Waals surface area contributed by atoms with E-state index in [1.165, 1.54) is 5.39 Å². The van der Waals surface area contributed by atoms with Crippen LogP contribution in [-0.4, -0.2) is 0 Å². The van der Waals surface area contributed by atoms with Crippen molar-refractivity contribution < 1.29 is 0 Å². The molecule has 1 N–H and O–H groups in total. The van der Waals surface area contributed by atoms with E-state index in [9.17, 15) is 0 Å². The highest BCUT2D eigenvalue weighted by Gasteiger charge is 1.99. The monoisotopic (exact) mass is 174 g/mol. The van der Waals surface area contributed by atoms with Crippen molar-refractivity contribution in [1.82, 2.24) is 0 Å². The highest BCUT2D eigenvalue weighted by Crippen LogP contribution is 2.27. The molecule has 0 aliphatic carbocycles. The van der Waals surface area contributed by atoms with E-state index < -0.39 is 0 Å². The summed E-state index contributed by atoms with van der Waals surface area (Å²) in [4.78, 5) is 0. The quantitative estimate of drug-likeness (QED) is 0.533. The van der Waals surface area contributed by atoms with Gasteiger partial charge in [-0.15, -0.1) is 11.3 Å². The van der Waals surface area contributed by atoms with E-state index in [-0.39, 0.29) is 0 Å². The van der Waals surface area contributed by atoms with Gasteiger partial charge in [-0.25, -0.2) is 0 Å². The van der Waals surface area contributed by atoms with E-state index in [1.54, 1.807) is 11.3 Å². The lowest BCUT2D eigenvalue weighted by Gasteiger charge is -1.97. The zero-order valence-corrected chi connectivity index (χ0v) is 7.06. The second-order valence-electron chi connectivity index (χ2n) is 2.38. The maximum absolute atomic E-state index is 8.46. The fourth-order valence-electron chi connectivity index (χ4n) is 1.15. The lowest BCUT2D eigenvalue weighted by molar-refractivity contribution is 1.48. The van der Waals surface area contributed by atoms with Gasteiger partial charge in [0.15, 0.2) is 6.19 Å². The van der Waals surface area contributed by atoms with Crippen molar-refractivity contribution in [2.24, 2.45) is 0 Å². The molecule has 2 nitrogen and oxygen atoms in total. The second kappa shape index (κ2) is 2.84. The van der Waals surface area contributed by atoms with Crippen LogP contribution in [0.5, 0.6) is 0 Å². The van der Waals surface area contributed by atoms with Gasteiger partial charge in [0.25, 0.3) is 0 Å². The Bertz CT molecular complexity index is 439. The standard InChI is InChI=1S/C9H6N2S/c10-6-11-8-3-1-2-7-4-5-12-9(7)8/h1-5,11H. The van der Waals surface area contributed by atoms with Crippen molar-refractivity contribution in [2.45, 2.75) is 0 Å². The molecule has 0 saturated carbocycles. The first-order valence-corrected chi connectivity index (χ1v) is 4.41. The van der Waals surface area contributed by atoms with E-state index in [0.717, 1.165) is 10.4 Å². The molecule has 2 aromatic rings. The van der Waals surface area contributed by atoms with Crippen LogP contribution in [0, 0.1) is 11.5 Å². The average molecular weight is 174 g/mol. The molecule has 1 aromatic heterocycles. The minimum absolute atomic E-state index is 0.894. The Morgan fingerprint density at radius 3 is 3.08 bits per heavy atom. The fraction of sp³-hybridized carbons (Fsp3) is 0. The molecule has 0 aliphatic rings. The summed E-state index contributed by atoms with van der Waals surface area (Å²) in [6, 6.07) is 7.92. The lowest BCUT2D eigenvalue weighted by atomic mass is 10.2. The van der Waals surface area contributed by atoms with Crippen molar-refractivity contribution in [3.63, 3.8) is 0 Å². The molecule has 0 atom stereocenters. The zero-order valence-electron chi connectivity index (χ0n) is 6.24. The first kappa shape index (κ1) is 7.14. The summed E-state index contributed by atoms with van der Waals surface area (Å²) in [6.45, 7) is 0. The summed E-state index contributed by atoms with van der Waals surface area (Å²) in [5.41, 5.74) is 0.894. The van der Waals surface area contributed by atoms with Crippen LogP contribution in [0.25, 0.3) is 10.1 Å². The summed E-state index contributed by atoms with van der Waals surface area (Å²) in [6.07, 6.45) is 1.92. The van der Waals surface area contributed by atoms with E-state index in [2.05, 4.69) is 5.32 Å². The first-order valence-electron chi connectivity index (χ1n) is 3.53. The molecule has 0 fully saturated rings. The van der Waals surface area contributed by atoms with Gasteiger partial charge in [0.2, 0.25) is 0 Å². The number of nitriles is 1. The van der Waals surface area contributed by atoms with E-state index >= 15 is 0 Å². The molecule has 0 radical (unpaired) electrons. The Hall–Kier alpha value is -1.53. The average Bonchev–Trinajstić information content (AvgIpc) is 2.53. The predicted molar refractivity (Wildman–Crippen MR) is 51.1 cm³/mol. The fourth-order valence-corrected chi connectivity index (χ4v) is 2.02. The predicted octanol–water partition coefficient (Wildman–Crippen LogP) is 2.79. The molecular weight excluding hydrogens is 168 g/mol. The third kappa shape index (κ3) is 1.03. The maximum Gasteiger partial charge on any atom is 0.181 e. The van der Waals surface area contributed by atoms with Gasteiger partial charge in [-0.2, -0.15) is 5.26 Å². The Labute approximate surface area is 74.1 Å². The van der Waals surface area contributed by atoms with Gasteiger partial charge in [-0.3, -0.25) is 5.32 Å². The van der Waals surface area contributed by atoms with Crippen LogP contribution in [-0.2, 0) is 0 Å². The number of benzene rings is 1. The Kier molecular flexibility index (Phi) is 1.69. The Balaban J connectivity index is 2.67. The van der Waals surface area contributed by atoms with Crippen LogP contribution in [0.4, 0.5) is 5.69 Å². The van der Waals surface area contributed by atoms with Crippen molar-refractivity contribution in [3.8, 4) is 6.19 Å². The number of anilines is 1. The molecule has 58 valence electrons. The van der Waals surface area contributed by atoms with Crippen LogP contribution in [0.1, 0.15) is 0 Å². The third-order valence-corrected chi connectivity index (χ3v) is 2.63. The van der Waals surface area contributed by atoms with E-state index in [0.29, 0.717) is 0 Å². The highest BCUT2D eigenvalue weighted by atomic mass is 32.1. The minimum Gasteiger partial charge on any atom is -0.291 e. The minimum atomic E-state index is 0.894. The molecule has 0 saturated heterocycles.